The first kappa shape index (κ1) is 22.5. The van der Waals surface area contributed by atoms with Gasteiger partial charge in [0.25, 0.3) is 5.91 Å². The second kappa shape index (κ2) is 9.29. The predicted molar refractivity (Wildman–Crippen MR) is 119 cm³/mol. The van der Waals surface area contributed by atoms with Crippen molar-refractivity contribution < 1.29 is 13.2 Å². The fourth-order valence-electron chi connectivity index (χ4n) is 3.58. The molecule has 3 rings (SSSR count). The van der Waals surface area contributed by atoms with Gasteiger partial charge in [-0.1, -0.05) is 37.3 Å². The largest absolute Gasteiger partial charge is 0.346 e. The van der Waals surface area contributed by atoms with Gasteiger partial charge in [-0.3, -0.25) is 4.79 Å². The molecule has 1 heterocycles. The van der Waals surface area contributed by atoms with E-state index in [9.17, 15) is 13.2 Å². The fourth-order valence-corrected chi connectivity index (χ4v) is 5.03. The number of carbonyl (C=O) groups excluding carboxylic acids is 1. The van der Waals surface area contributed by atoms with Crippen molar-refractivity contribution in [1.82, 2.24) is 14.5 Å². The summed E-state index contributed by atoms with van der Waals surface area (Å²) in [5.41, 5.74) is 3.40. The molecule has 6 nitrogen and oxygen atoms in total. The molecule has 2 aromatic carbocycles. The number of amides is 1. The summed E-state index contributed by atoms with van der Waals surface area (Å²) in [6, 6.07) is 12.8. The van der Waals surface area contributed by atoms with Crippen molar-refractivity contribution in [3.63, 3.8) is 0 Å². The first-order valence-corrected chi connectivity index (χ1v) is 11.9. The Bertz CT molecular complexity index is 995. The lowest BCUT2D eigenvalue weighted by atomic mass is 10.0. The van der Waals surface area contributed by atoms with Crippen LogP contribution in [0.4, 0.5) is 0 Å². The van der Waals surface area contributed by atoms with E-state index < -0.39 is 10.0 Å². The molecule has 1 amide bonds. The fraction of sp³-hybridized carbons (Fsp3) is 0.435. The number of rotatable bonds is 6. The number of likely N-dealkylation sites (N-methyl/N-ethyl adjacent to an activating group) is 1. The van der Waals surface area contributed by atoms with Gasteiger partial charge in [0, 0.05) is 31.7 Å². The number of carbonyl (C=O) groups is 1. The van der Waals surface area contributed by atoms with Crippen molar-refractivity contribution in [3.8, 4) is 0 Å². The second-order valence-electron chi connectivity index (χ2n) is 7.97. The van der Waals surface area contributed by atoms with E-state index in [0.717, 1.165) is 17.5 Å². The van der Waals surface area contributed by atoms with Crippen LogP contribution in [0.1, 0.15) is 46.9 Å². The Morgan fingerprint density at radius 2 is 1.70 bits per heavy atom. The van der Waals surface area contributed by atoms with Crippen molar-refractivity contribution in [2.45, 2.75) is 38.1 Å². The van der Waals surface area contributed by atoms with Crippen LogP contribution >= 0.6 is 0 Å². The zero-order valence-corrected chi connectivity index (χ0v) is 19.0. The highest BCUT2D eigenvalue weighted by Gasteiger charge is 2.28. The van der Waals surface area contributed by atoms with Crippen LogP contribution in [0.3, 0.4) is 0 Å². The lowest BCUT2D eigenvalue weighted by Gasteiger charge is -2.31. The van der Waals surface area contributed by atoms with Gasteiger partial charge >= 0.3 is 0 Å². The lowest BCUT2D eigenvalue weighted by Crippen LogP contribution is -2.47. The molecule has 0 radical (unpaired) electrons. The summed E-state index contributed by atoms with van der Waals surface area (Å²) in [7, 11) is -1.64. The number of nitrogens with one attached hydrogen (secondary N) is 1. The third kappa shape index (κ3) is 4.91. The maximum Gasteiger partial charge on any atom is 0.252 e. The SMILES string of the molecule is CCc1ccc(C(C)NC(=O)c2cc(S(=O)(=O)N3CCN(C)CC3)ccc2C)cc1. The van der Waals surface area contributed by atoms with Gasteiger partial charge in [0.15, 0.2) is 0 Å². The van der Waals surface area contributed by atoms with E-state index in [1.807, 2.05) is 33.0 Å². The van der Waals surface area contributed by atoms with Crippen LogP contribution in [-0.4, -0.2) is 56.8 Å². The normalized spacial score (nSPS) is 16.9. The van der Waals surface area contributed by atoms with Gasteiger partial charge in [-0.05, 0) is 56.1 Å². The molecule has 0 bridgehead atoms. The van der Waals surface area contributed by atoms with Crippen LogP contribution in [0.5, 0.6) is 0 Å². The van der Waals surface area contributed by atoms with Crippen LogP contribution in [0.2, 0.25) is 0 Å². The van der Waals surface area contributed by atoms with E-state index >= 15 is 0 Å². The van der Waals surface area contributed by atoms with Crippen LogP contribution in [0.15, 0.2) is 47.4 Å². The zero-order chi connectivity index (χ0) is 21.9. The average molecular weight is 430 g/mol. The lowest BCUT2D eigenvalue weighted by molar-refractivity contribution is 0.0939. The van der Waals surface area contributed by atoms with E-state index in [1.54, 1.807) is 12.1 Å². The number of benzene rings is 2. The molecule has 30 heavy (non-hydrogen) atoms. The van der Waals surface area contributed by atoms with Crippen molar-refractivity contribution in [2.24, 2.45) is 0 Å². The molecule has 0 aliphatic carbocycles. The summed E-state index contributed by atoms with van der Waals surface area (Å²) in [5, 5.41) is 3.00. The Labute approximate surface area is 179 Å². The summed E-state index contributed by atoms with van der Waals surface area (Å²) < 4.78 is 27.6. The Morgan fingerprint density at radius 3 is 2.30 bits per heavy atom. The second-order valence-corrected chi connectivity index (χ2v) is 9.91. The third-order valence-corrected chi connectivity index (χ3v) is 7.68. The molecule has 162 valence electrons. The quantitative estimate of drug-likeness (QED) is 0.766. The number of aryl methyl sites for hydroxylation is 2. The van der Waals surface area contributed by atoms with E-state index in [1.165, 1.54) is 15.9 Å². The number of nitrogens with zero attached hydrogens (tertiary/aromatic N) is 2. The molecule has 0 saturated carbocycles. The van der Waals surface area contributed by atoms with E-state index in [0.29, 0.717) is 31.7 Å². The van der Waals surface area contributed by atoms with Gasteiger partial charge < -0.3 is 10.2 Å². The minimum Gasteiger partial charge on any atom is -0.346 e. The first-order valence-electron chi connectivity index (χ1n) is 10.4. The Morgan fingerprint density at radius 1 is 1.07 bits per heavy atom. The van der Waals surface area contributed by atoms with Gasteiger partial charge in [-0.2, -0.15) is 4.31 Å². The van der Waals surface area contributed by atoms with Gasteiger partial charge in [0.05, 0.1) is 10.9 Å². The van der Waals surface area contributed by atoms with Crippen LogP contribution < -0.4 is 5.32 Å². The third-order valence-electron chi connectivity index (χ3n) is 5.79. The Balaban J connectivity index is 1.79. The smallest absolute Gasteiger partial charge is 0.252 e. The predicted octanol–water partition coefficient (Wildman–Crippen LogP) is 2.98. The maximum atomic E-state index is 13.1. The molecule has 2 aromatic rings. The van der Waals surface area contributed by atoms with Gasteiger partial charge in [0.2, 0.25) is 10.0 Å². The monoisotopic (exact) mass is 429 g/mol. The molecule has 1 atom stereocenters. The van der Waals surface area contributed by atoms with Crippen molar-refractivity contribution in [3.05, 3.63) is 64.7 Å². The zero-order valence-electron chi connectivity index (χ0n) is 18.2. The van der Waals surface area contributed by atoms with Crippen LogP contribution in [0, 0.1) is 6.92 Å². The molecule has 7 heteroatoms. The molecule has 0 aromatic heterocycles. The van der Waals surface area contributed by atoms with Gasteiger partial charge in [-0.15, -0.1) is 0 Å². The number of piperazine rings is 1. The molecular weight excluding hydrogens is 398 g/mol. The molecule has 1 N–H and O–H groups in total. The number of hydrogen-bond donors (Lipinski definition) is 1. The van der Waals surface area contributed by atoms with Gasteiger partial charge in [-0.25, -0.2) is 8.42 Å². The standard InChI is InChI=1S/C23H31N3O3S/c1-5-19-7-9-20(10-8-19)18(3)24-23(27)22-16-21(11-6-17(22)2)30(28,29)26-14-12-25(4)13-15-26/h6-11,16,18H,5,12-15H2,1-4H3,(H,24,27). The molecule has 1 fully saturated rings. The number of hydrogen-bond acceptors (Lipinski definition) is 4. The summed E-state index contributed by atoms with van der Waals surface area (Å²) in [4.78, 5) is 15.2. The summed E-state index contributed by atoms with van der Waals surface area (Å²) in [6.45, 7) is 8.17. The first-order chi connectivity index (χ1) is 14.2. The Hall–Kier alpha value is -2.22. The molecule has 1 aliphatic rings. The van der Waals surface area contributed by atoms with Crippen molar-refractivity contribution in [1.29, 1.82) is 0 Å². The van der Waals surface area contributed by atoms with Crippen LogP contribution in [-0.2, 0) is 16.4 Å². The Kier molecular flexibility index (Phi) is 6.95. The van der Waals surface area contributed by atoms with E-state index in [-0.39, 0.29) is 16.8 Å². The minimum atomic E-state index is -3.62. The summed E-state index contributed by atoms with van der Waals surface area (Å²) >= 11 is 0. The van der Waals surface area contributed by atoms with Crippen LogP contribution in [0.25, 0.3) is 0 Å². The molecule has 0 spiro atoms. The van der Waals surface area contributed by atoms with E-state index in [2.05, 4.69) is 29.3 Å². The minimum absolute atomic E-state index is 0.169. The van der Waals surface area contributed by atoms with Gasteiger partial charge in [0.1, 0.15) is 0 Å². The summed E-state index contributed by atoms with van der Waals surface area (Å²) in [6.07, 6.45) is 0.967. The highest BCUT2D eigenvalue weighted by molar-refractivity contribution is 7.89. The van der Waals surface area contributed by atoms with E-state index in [4.69, 9.17) is 0 Å². The molecular formula is C23H31N3O3S. The van der Waals surface area contributed by atoms with Crippen molar-refractivity contribution in [2.75, 3.05) is 33.2 Å². The highest BCUT2D eigenvalue weighted by Crippen LogP contribution is 2.22. The maximum absolute atomic E-state index is 13.1. The average Bonchev–Trinajstić information content (AvgIpc) is 2.74. The summed E-state index contributed by atoms with van der Waals surface area (Å²) in [5.74, 6) is -0.269. The molecule has 1 unspecified atom stereocenters. The van der Waals surface area contributed by atoms with Crippen molar-refractivity contribution >= 4 is 15.9 Å². The highest BCUT2D eigenvalue weighted by atomic mass is 32.2. The topological polar surface area (TPSA) is 69.7 Å². The molecule has 1 aliphatic heterocycles. The molecule has 1 saturated heterocycles. The number of sulfonamides is 1.